The van der Waals surface area contributed by atoms with Crippen molar-refractivity contribution >= 4 is 5.91 Å². The van der Waals surface area contributed by atoms with Crippen LogP contribution in [-0.2, 0) is 20.8 Å². The van der Waals surface area contributed by atoms with E-state index in [1.54, 1.807) is 6.92 Å². The molecule has 0 saturated heterocycles. The van der Waals surface area contributed by atoms with Crippen LogP contribution in [0.1, 0.15) is 38.0 Å². The highest BCUT2D eigenvalue weighted by Gasteiger charge is 2.40. The summed E-state index contributed by atoms with van der Waals surface area (Å²) in [6.45, 7) is 3.83. The SMILES string of the molecule is C=C(CC(C)c1nnc(-c2ccn(CC(F)(F)F)n2)o1)NC(=O)COC1CC(OC(F)(F)F)C1. The molecule has 1 N–H and O–H groups in total. The first-order chi connectivity index (χ1) is 15.8. The highest BCUT2D eigenvalue weighted by molar-refractivity contribution is 5.78. The highest BCUT2D eigenvalue weighted by atomic mass is 19.4. The second kappa shape index (κ2) is 10.1. The summed E-state index contributed by atoms with van der Waals surface area (Å²) in [4.78, 5) is 12.0. The maximum Gasteiger partial charge on any atom is 0.522 e. The second-order valence-corrected chi connectivity index (χ2v) is 7.81. The maximum atomic E-state index is 12.5. The first kappa shape index (κ1) is 25.7. The minimum absolute atomic E-state index is 0.0404. The van der Waals surface area contributed by atoms with Gasteiger partial charge in [-0.25, -0.2) is 0 Å². The van der Waals surface area contributed by atoms with E-state index in [1.807, 2.05) is 0 Å². The van der Waals surface area contributed by atoms with Gasteiger partial charge < -0.3 is 14.5 Å². The molecule has 9 nitrogen and oxygen atoms in total. The Kier molecular flexibility index (Phi) is 7.65. The largest absolute Gasteiger partial charge is 0.522 e. The molecule has 2 aromatic heterocycles. The zero-order chi connectivity index (χ0) is 25.1. The van der Waals surface area contributed by atoms with E-state index >= 15 is 0 Å². The topological polar surface area (TPSA) is 104 Å². The predicted octanol–water partition coefficient (Wildman–Crippen LogP) is 3.70. The van der Waals surface area contributed by atoms with Crippen LogP contribution < -0.4 is 5.32 Å². The number of aromatic nitrogens is 4. The van der Waals surface area contributed by atoms with Gasteiger partial charge in [0.25, 0.3) is 5.89 Å². The number of hydrogen-bond acceptors (Lipinski definition) is 7. The summed E-state index contributed by atoms with van der Waals surface area (Å²) in [5, 5.41) is 13.9. The molecule has 2 heterocycles. The summed E-state index contributed by atoms with van der Waals surface area (Å²) in [5.41, 5.74) is 0.389. The standard InChI is InChI=1S/C19H21F6N5O4/c1-10(16-27-28-17(33-16)14-3-4-30(29-14)9-18(20,21)22)5-11(2)26-15(31)8-32-12-6-13(7-12)34-19(23,24)25/h3-4,10,12-13H,2,5-9H2,1H3,(H,26,31). The summed E-state index contributed by atoms with van der Waals surface area (Å²) in [6.07, 6.45) is -9.16. The summed E-state index contributed by atoms with van der Waals surface area (Å²) in [6, 6.07) is 1.31. The molecule has 188 valence electrons. The molecule has 1 unspecified atom stereocenters. The first-order valence-electron chi connectivity index (χ1n) is 10.0. The molecule has 1 fully saturated rings. The van der Waals surface area contributed by atoms with Crippen LogP contribution in [0.4, 0.5) is 26.3 Å². The molecule has 15 heteroatoms. The van der Waals surface area contributed by atoms with Gasteiger partial charge in [-0.3, -0.25) is 14.2 Å². The highest BCUT2D eigenvalue weighted by Crippen LogP contribution is 2.32. The number of hydrogen-bond donors (Lipinski definition) is 1. The summed E-state index contributed by atoms with van der Waals surface area (Å²) in [5.74, 6) is -0.811. The Balaban J connectivity index is 1.40. The molecule has 3 rings (SSSR count). The molecule has 1 aliphatic rings. The Bertz CT molecular complexity index is 996. The van der Waals surface area contributed by atoms with Crippen molar-refractivity contribution in [3.63, 3.8) is 0 Å². The van der Waals surface area contributed by atoms with Crippen molar-refractivity contribution in [2.24, 2.45) is 0 Å². The summed E-state index contributed by atoms with van der Waals surface area (Å²) < 4.78 is 88.9. The third-order valence-corrected chi connectivity index (χ3v) is 4.73. The number of nitrogens with one attached hydrogen (secondary N) is 1. The minimum atomic E-state index is -4.70. The van der Waals surface area contributed by atoms with E-state index in [0.717, 1.165) is 6.20 Å². The fourth-order valence-corrected chi connectivity index (χ4v) is 3.16. The molecular formula is C19H21F6N5O4. The lowest BCUT2D eigenvalue weighted by Gasteiger charge is -2.34. The van der Waals surface area contributed by atoms with Gasteiger partial charge >= 0.3 is 12.5 Å². The maximum absolute atomic E-state index is 12.5. The van der Waals surface area contributed by atoms with Gasteiger partial charge in [0.2, 0.25) is 11.8 Å². The van der Waals surface area contributed by atoms with Crippen LogP contribution in [0.3, 0.4) is 0 Å². The van der Waals surface area contributed by atoms with Crippen LogP contribution in [0.2, 0.25) is 0 Å². The lowest BCUT2D eigenvalue weighted by Crippen LogP contribution is -2.42. The molecular weight excluding hydrogens is 476 g/mol. The molecule has 0 spiro atoms. The number of ether oxygens (including phenoxy) is 2. The normalized spacial score (nSPS) is 19.5. The lowest BCUT2D eigenvalue weighted by atomic mass is 9.92. The monoisotopic (exact) mass is 497 g/mol. The number of alkyl halides is 6. The Hall–Kier alpha value is -2.94. The molecule has 34 heavy (non-hydrogen) atoms. The van der Waals surface area contributed by atoms with E-state index in [1.165, 1.54) is 6.07 Å². The molecule has 2 aromatic rings. The average molecular weight is 497 g/mol. The zero-order valence-electron chi connectivity index (χ0n) is 17.8. The van der Waals surface area contributed by atoms with E-state index in [4.69, 9.17) is 9.15 Å². The van der Waals surface area contributed by atoms with Gasteiger partial charge in [0.05, 0.1) is 12.2 Å². The Labute approximate surface area is 189 Å². The van der Waals surface area contributed by atoms with Gasteiger partial charge in [-0.1, -0.05) is 13.5 Å². The number of allylic oxidation sites excluding steroid dienone is 1. The van der Waals surface area contributed by atoms with Crippen LogP contribution in [0.5, 0.6) is 0 Å². The molecule has 1 saturated carbocycles. The number of rotatable bonds is 10. The molecule has 1 aliphatic carbocycles. The average Bonchev–Trinajstić information content (AvgIpc) is 3.30. The van der Waals surface area contributed by atoms with Crippen molar-refractivity contribution in [1.29, 1.82) is 0 Å². The molecule has 0 aliphatic heterocycles. The third kappa shape index (κ3) is 7.83. The molecule has 1 atom stereocenters. The molecule has 0 radical (unpaired) electrons. The Morgan fingerprint density at radius 1 is 1.26 bits per heavy atom. The van der Waals surface area contributed by atoms with Gasteiger partial charge in [-0.2, -0.15) is 18.3 Å². The van der Waals surface area contributed by atoms with Crippen molar-refractivity contribution in [3.8, 4) is 11.6 Å². The van der Waals surface area contributed by atoms with Gasteiger partial charge in [0.15, 0.2) is 0 Å². The molecule has 1 amide bonds. The summed E-state index contributed by atoms with van der Waals surface area (Å²) in [7, 11) is 0. The molecule has 0 aromatic carbocycles. The quantitative estimate of drug-likeness (QED) is 0.499. The van der Waals surface area contributed by atoms with Crippen LogP contribution in [0, 0.1) is 0 Å². The van der Waals surface area contributed by atoms with Gasteiger partial charge in [0.1, 0.15) is 18.8 Å². The number of nitrogens with zero attached hydrogens (tertiary/aromatic N) is 4. The van der Waals surface area contributed by atoms with Gasteiger partial charge in [-0.05, 0) is 12.5 Å². The summed E-state index contributed by atoms with van der Waals surface area (Å²) >= 11 is 0. The Morgan fingerprint density at radius 3 is 2.62 bits per heavy atom. The Morgan fingerprint density at radius 2 is 1.97 bits per heavy atom. The van der Waals surface area contributed by atoms with Crippen LogP contribution >= 0.6 is 0 Å². The van der Waals surface area contributed by atoms with E-state index < -0.39 is 37.2 Å². The number of carbonyl (C=O) groups is 1. The number of halogens is 6. The number of carbonyl (C=O) groups excluding carboxylic acids is 1. The van der Waals surface area contributed by atoms with Crippen LogP contribution in [-0.4, -0.2) is 57.2 Å². The lowest BCUT2D eigenvalue weighted by molar-refractivity contribution is -0.357. The zero-order valence-corrected chi connectivity index (χ0v) is 17.8. The van der Waals surface area contributed by atoms with Crippen LogP contribution in [0.15, 0.2) is 29.0 Å². The van der Waals surface area contributed by atoms with Crippen molar-refractivity contribution in [2.75, 3.05) is 6.61 Å². The predicted molar refractivity (Wildman–Crippen MR) is 102 cm³/mol. The van der Waals surface area contributed by atoms with Crippen molar-refractivity contribution in [1.82, 2.24) is 25.3 Å². The fraction of sp³-hybridized carbons (Fsp3) is 0.579. The van der Waals surface area contributed by atoms with E-state index in [-0.39, 0.29) is 49.3 Å². The van der Waals surface area contributed by atoms with Crippen LogP contribution in [0.25, 0.3) is 11.6 Å². The van der Waals surface area contributed by atoms with E-state index in [2.05, 4.69) is 31.9 Å². The number of amides is 1. The minimum Gasteiger partial charge on any atom is -0.419 e. The first-order valence-corrected chi connectivity index (χ1v) is 10.0. The van der Waals surface area contributed by atoms with Gasteiger partial charge in [-0.15, -0.1) is 23.4 Å². The van der Waals surface area contributed by atoms with Crippen molar-refractivity contribution < 1.29 is 45.0 Å². The van der Waals surface area contributed by atoms with E-state index in [9.17, 15) is 31.1 Å². The second-order valence-electron chi connectivity index (χ2n) is 7.81. The fourth-order valence-electron chi connectivity index (χ4n) is 3.16. The van der Waals surface area contributed by atoms with E-state index in [0.29, 0.717) is 10.4 Å². The molecule has 0 bridgehead atoms. The van der Waals surface area contributed by atoms with Gasteiger partial charge in [0, 0.05) is 30.7 Å². The third-order valence-electron chi connectivity index (χ3n) is 4.73. The van der Waals surface area contributed by atoms with Crippen molar-refractivity contribution in [2.45, 2.75) is 63.4 Å². The smallest absolute Gasteiger partial charge is 0.419 e. The van der Waals surface area contributed by atoms with Crippen molar-refractivity contribution in [3.05, 3.63) is 30.4 Å².